The molecule has 0 aliphatic heterocycles. The van der Waals surface area contributed by atoms with Gasteiger partial charge in [0.1, 0.15) is 5.39 Å². The number of nitriles is 1. The molecule has 0 spiro atoms. The predicted molar refractivity (Wildman–Crippen MR) is 108 cm³/mol. The third kappa shape index (κ3) is 3.62. The first-order valence-corrected chi connectivity index (χ1v) is 10.8. The Hall–Kier alpha value is -3.16. The number of aromatic nitrogens is 3. The first-order chi connectivity index (χ1) is 13.9. The number of nitrogens with zero attached hydrogens (tertiary/aromatic N) is 3. The zero-order valence-corrected chi connectivity index (χ0v) is 16.3. The van der Waals surface area contributed by atoms with Gasteiger partial charge in [-0.15, -0.1) is 0 Å². The lowest BCUT2D eigenvalue weighted by Gasteiger charge is -2.27. The molecule has 1 unspecified atom stereocenters. The smallest absolute Gasteiger partial charge is 0.261 e. The van der Waals surface area contributed by atoms with Gasteiger partial charge in [-0.1, -0.05) is 12.8 Å². The monoisotopic (exact) mass is 412 g/mol. The third-order valence-corrected chi connectivity index (χ3v) is 6.21. The number of aromatic amines is 1. The Morgan fingerprint density at radius 1 is 1.21 bits per heavy atom. The normalized spacial score (nSPS) is 19.7. The molecular formula is C19H20N6O3S. The molecule has 4 rings (SSSR count). The molecule has 1 saturated carbocycles. The van der Waals surface area contributed by atoms with Crippen molar-refractivity contribution in [2.24, 2.45) is 11.1 Å². The Kier molecular flexibility index (Phi) is 4.86. The molecule has 2 atom stereocenters. The van der Waals surface area contributed by atoms with Crippen molar-refractivity contribution in [3.8, 4) is 6.07 Å². The lowest BCUT2D eigenvalue weighted by molar-refractivity contribution is 0.277. The van der Waals surface area contributed by atoms with Crippen LogP contribution in [0.15, 0.2) is 46.2 Å². The van der Waals surface area contributed by atoms with Crippen LogP contribution < -0.4 is 16.0 Å². The predicted octanol–water partition coefficient (Wildman–Crippen LogP) is 2.37. The van der Waals surface area contributed by atoms with E-state index in [0.717, 1.165) is 25.7 Å². The minimum Gasteiger partial charge on any atom is -0.338 e. The molecule has 2 aromatic heterocycles. The number of hydrogen-bond acceptors (Lipinski definition) is 6. The lowest BCUT2D eigenvalue weighted by atomic mass is 9.85. The highest BCUT2D eigenvalue weighted by atomic mass is 32.2. The molecule has 10 heteroatoms. The van der Waals surface area contributed by atoms with E-state index in [1.54, 1.807) is 29.1 Å². The Morgan fingerprint density at radius 2 is 1.93 bits per heavy atom. The Bertz CT molecular complexity index is 1250. The molecule has 0 amide bonds. The summed E-state index contributed by atoms with van der Waals surface area (Å²) in [5.74, 6) is 0.195. The van der Waals surface area contributed by atoms with Gasteiger partial charge >= 0.3 is 0 Å². The molecule has 4 N–H and O–H groups in total. The molecule has 0 saturated heterocycles. The maximum absolute atomic E-state index is 12.5. The van der Waals surface area contributed by atoms with Crippen LogP contribution in [0.25, 0.3) is 10.9 Å². The maximum Gasteiger partial charge on any atom is 0.261 e. The summed E-state index contributed by atoms with van der Waals surface area (Å²) in [6.07, 6.45) is 5.22. The molecule has 2 heterocycles. The quantitative estimate of drug-likeness (QED) is 0.599. The fourth-order valence-corrected chi connectivity index (χ4v) is 4.37. The largest absolute Gasteiger partial charge is 0.338 e. The molecule has 0 radical (unpaired) electrons. The standard InChI is InChI=1S/C19H20N6O3S/c20-11-12-3-1-2-4-15(12)25-16-9-10-22-19(26)17(16)18(24-25)23-13-5-7-14(8-6-13)29(21,27)28/h5-10,12,15H,1-4H2,(H,22,26)(H,23,24)(H2,21,27,28)/t12?,15-/m0/s1. The number of primary sulfonamides is 1. The topological polar surface area (TPSA) is 147 Å². The van der Waals surface area contributed by atoms with Gasteiger partial charge in [-0.3, -0.25) is 9.48 Å². The summed E-state index contributed by atoms with van der Waals surface area (Å²) in [7, 11) is -3.79. The molecule has 9 nitrogen and oxygen atoms in total. The second-order valence-electron chi connectivity index (χ2n) is 7.14. The molecule has 29 heavy (non-hydrogen) atoms. The van der Waals surface area contributed by atoms with Gasteiger partial charge in [0, 0.05) is 11.9 Å². The van der Waals surface area contributed by atoms with Crippen molar-refractivity contribution in [3.63, 3.8) is 0 Å². The van der Waals surface area contributed by atoms with Crippen molar-refractivity contribution < 1.29 is 8.42 Å². The number of rotatable bonds is 4. The fourth-order valence-electron chi connectivity index (χ4n) is 3.86. The maximum atomic E-state index is 12.5. The highest BCUT2D eigenvalue weighted by molar-refractivity contribution is 7.89. The number of H-pyrrole nitrogens is 1. The highest BCUT2D eigenvalue weighted by Crippen LogP contribution is 2.36. The van der Waals surface area contributed by atoms with Crippen molar-refractivity contribution in [2.45, 2.75) is 36.6 Å². The summed E-state index contributed by atoms with van der Waals surface area (Å²) in [5, 5.41) is 22.8. The number of hydrogen-bond donors (Lipinski definition) is 3. The summed E-state index contributed by atoms with van der Waals surface area (Å²) in [5.41, 5.74) is 0.930. The minimum atomic E-state index is -3.79. The van der Waals surface area contributed by atoms with Crippen LogP contribution in [-0.2, 0) is 10.0 Å². The Morgan fingerprint density at radius 3 is 2.62 bits per heavy atom. The van der Waals surface area contributed by atoms with Gasteiger partial charge in [-0.05, 0) is 43.2 Å². The number of sulfonamides is 1. The number of nitrogens with one attached hydrogen (secondary N) is 2. The van der Waals surface area contributed by atoms with E-state index in [1.807, 2.05) is 0 Å². The van der Waals surface area contributed by atoms with Gasteiger partial charge in [0.15, 0.2) is 5.82 Å². The SMILES string of the molecule is N#CC1CCCC[C@@H]1n1nc(Nc2ccc(S(N)(=O)=O)cc2)c2c(=O)[nH]ccc21. The van der Waals surface area contributed by atoms with Gasteiger partial charge in [-0.2, -0.15) is 10.4 Å². The van der Waals surface area contributed by atoms with E-state index in [9.17, 15) is 18.5 Å². The first kappa shape index (κ1) is 19.2. The lowest BCUT2D eigenvalue weighted by Crippen LogP contribution is -2.23. The van der Waals surface area contributed by atoms with E-state index in [2.05, 4.69) is 21.5 Å². The van der Waals surface area contributed by atoms with Gasteiger partial charge < -0.3 is 10.3 Å². The van der Waals surface area contributed by atoms with E-state index < -0.39 is 10.0 Å². The van der Waals surface area contributed by atoms with Crippen LogP contribution in [-0.4, -0.2) is 23.2 Å². The molecular weight excluding hydrogens is 392 g/mol. The average molecular weight is 412 g/mol. The molecule has 1 aliphatic rings. The van der Waals surface area contributed by atoms with Crippen LogP contribution in [0.5, 0.6) is 0 Å². The van der Waals surface area contributed by atoms with Crippen molar-refractivity contribution in [1.29, 1.82) is 5.26 Å². The molecule has 3 aromatic rings. The van der Waals surface area contributed by atoms with Crippen LogP contribution in [0.2, 0.25) is 0 Å². The minimum absolute atomic E-state index is 0.00430. The molecule has 0 bridgehead atoms. The summed E-state index contributed by atoms with van der Waals surface area (Å²) in [6.45, 7) is 0. The van der Waals surface area contributed by atoms with E-state index in [4.69, 9.17) is 5.14 Å². The van der Waals surface area contributed by atoms with Gasteiger partial charge in [-0.25, -0.2) is 13.6 Å². The van der Waals surface area contributed by atoms with Crippen LogP contribution >= 0.6 is 0 Å². The first-order valence-electron chi connectivity index (χ1n) is 9.28. The van der Waals surface area contributed by atoms with Gasteiger partial charge in [0.05, 0.1) is 28.4 Å². The second kappa shape index (κ2) is 7.35. The number of anilines is 2. The summed E-state index contributed by atoms with van der Waals surface area (Å²) >= 11 is 0. The van der Waals surface area contributed by atoms with E-state index in [1.165, 1.54) is 12.1 Å². The summed E-state index contributed by atoms with van der Waals surface area (Å²) in [6, 6.07) is 9.93. The summed E-state index contributed by atoms with van der Waals surface area (Å²) < 4.78 is 24.6. The average Bonchev–Trinajstić information content (AvgIpc) is 3.07. The van der Waals surface area contributed by atoms with Crippen molar-refractivity contribution >= 4 is 32.4 Å². The molecule has 1 fully saturated rings. The van der Waals surface area contributed by atoms with Crippen molar-refractivity contribution in [1.82, 2.24) is 14.8 Å². The number of benzene rings is 1. The number of pyridine rings is 1. The third-order valence-electron chi connectivity index (χ3n) is 5.29. The molecule has 1 aromatic carbocycles. The van der Waals surface area contributed by atoms with Gasteiger partial charge in [0.2, 0.25) is 10.0 Å². The highest BCUT2D eigenvalue weighted by Gasteiger charge is 2.29. The van der Waals surface area contributed by atoms with Crippen molar-refractivity contribution in [2.75, 3.05) is 5.32 Å². The van der Waals surface area contributed by atoms with Crippen LogP contribution in [0.4, 0.5) is 11.5 Å². The summed E-state index contributed by atoms with van der Waals surface area (Å²) in [4.78, 5) is 15.2. The Labute approximate surface area is 167 Å². The fraction of sp³-hybridized carbons (Fsp3) is 0.316. The molecule has 1 aliphatic carbocycles. The van der Waals surface area contributed by atoms with Crippen LogP contribution in [0.1, 0.15) is 31.7 Å². The van der Waals surface area contributed by atoms with E-state index in [0.29, 0.717) is 22.4 Å². The number of fused-ring (bicyclic) bond motifs is 1. The van der Waals surface area contributed by atoms with E-state index in [-0.39, 0.29) is 22.4 Å². The van der Waals surface area contributed by atoms with E-state index >= 15 is 0 Å². The van der Waals surface area contributed by atoms with Crippen LogP contribution in [0.3, 0.4) is 0 Å². The second-order valence-corrected chi connectivity index (χ2v) is 8.70. The van der Waals surface area contributed by atoms with Crippen LogP contribution in [0, 0.1) is 17.2 Å². The molecule has 150 valence electrons. The Balaban J connectivity index is 1.77. The zero-order chi connectivity index (χ0) is 20.6. The van der Waals surface area contributed by atoms with Gasteiger partial charge in [0.25, 0.3) is 5.56 Å². The zero-order valence-electron chi connectivity index (χ0n) is 15.5. The number of nitrogens with two attached hydrogens (primary N) is 1. The van der Waals surface area contributed by atoms with Crippen molar-refractivity contribution in [3.05, 3.63) is 46.9 Å².